The number of fused-ring (bicyclic) bond motifs is 5. The van der Waals surface area contributed by atoms with Crippen molar-refractivity contribution in [2.75, 3.05) is 31.4 Å². The van der Waals surface area contributed by atoms with Crippen LogP contribution >= 0.6 is 11.6 Å². The molecular formula is C19H18ClFN6O. The van der Waals surface area contributed by atoms with Crippen LogP contribution in [0.5, 0.6) is 0 Å². The first-order chi connectivity index (χ1) is 13.7. The van der Waals surface area contributed by atoms with Crippen molar-refractivity contribution in [3.8, 4) is 0 Å². The molecule has 3 aromatic rings. The highest BCUT2D eigenvalue weighted by Crippen LogP contribution is 2.35. The van der Waals surface area contributed by atoms with Gasteiger partial charge < -0.3 is 10.4 Å². The number of aliphatic hydroxyl groups is 1. The molecule has 1 atom stereocenters. The summed E-state index contributed by atoms with van der Waals surface area (Å²) in [5, 5.41) is 13.0. The van der Waals surface area contributed by atoms with E-state index in [1.807, 2.05) is 38.6 Å². The molecule has 2 aliphatic heterocycles. The van der Waals surface area contributed by atoms with Crippen molar-refractivity contribution < 1.29 is 9.50 Å². The molecule has 144 valence electrons. The molecule has 5 rings (SSSR count). The van der Waals surface area contributed by atoms with Crippen LogP contribution in [0.4, 0.5) is 10.3 Å². The lowest BCUT2D eigenvalue weighted by Crippen LogP contribution is -2.57. The summed E-state index contributed by atoms with van der Waals surface area (Å²) >= 11 is 5.95. The summed E-state index contributed by atoms with van der Waals surface area (Å²) in [5.41, 5.74) is 2.18. The fraction of sp³-hybridized carbons (Fsp3) is 0.263. The molecule has 7 nitrogen and oxygen atoms in total. The number of β-amino-alcohol motifs (C(OH)–C–C–N with tert-alkyl or cyclic N) is 1. The van der Waals surface area contributed by atoms with Gasteiger partial charge in [0.1, 0.15) is 12.0 Å². The molecular weight excluding hydrogens is 383 g/mol. The first-order valence-electron chi connectivity index (χ1n) is 8.99. The van der Waals surface area contributed by atoms with Crippen LogP contribution < -0.4 is 10.2 Å². The third kappa shape index (κ3) is 2.72. The van der Waals surface area contributed by atoms with E-state index in [1.54, 1.807) is 12.1 Å². The van der Waals surface area contributed by atoms with E-state index < -0.39 is 6.17 Å². The molecule has 2 aromatic carbocycles. The lowest BCUT2D eigenvalue weighted by atomic mass is 10.1. The lowest BCUT2D eigenvalue weighted by molar-refractivity contribution is 0.195. The normalized spacial score (nSPS) is 19.2. The number of aliphatic imine (C=N–C) groups is 1. The number of hydrogen-bond acceptors (Lipinski definition) is 6. The van der Waals surface area contributed by atoms with Crippen LogP contribution in [0.1, 0.15) is 11.7 Å². The number of hydrogen-bond donors (Lipinski definition) is 2. The average molecular weight is 401 g/mol. The highest BCUT2D eigenvalue weighted by Gasteiger charge is 2.36. The van der Waals surface area contributed by atoms with Crippen LogP contribution in [0.3, 0.4) is 0 Å². The largest absolute Gasteiger partial charge is 0.395 e. The van der Waals surface area contributed by atoms with Gasteiger partial charge in [-0.3, -0.25) is 14.4 Å². The number of guanidine groups is 1. The van der Waals surface area contributed by atoms with Gasteiger partial charge in [0.2, 0.25) is 11.9 Å². The Bertz CT molecular complexity index is 1080. The molecule has 28 heavy (non-hydrogen) atoms. The van der Waals surface area contributed by atoms with Crippen LogP contribution in [0.2, 0.25) is 5.02 Å². The SMILES string of the molecule is OCCN1CN=C2N[C@@H](c3ccc(Cl)cc3F)n3c(nc4ccccc43)N2C1. The van der Waals surface area contributed by atoms with E-state index in [2.05, 4.69) is 10.3 Å². The van der Waals surface area contributed by atoms with Crippen molar-refractivity contribution in [3.63, 3.8) is 0 Å². The number of aromatic nitrogens is 2. The van der Waals surface area contributed by atoms with E-state index in [0.717, 1.165) is 11.0 Å². The Hall–Kier alpha value is -2.68. The molecule has 0 saturated carbocycles. The second-order valence-electron chi connectivity index (χ2n) is 6.79. The van der Waals surface area contributed by atoms with Crippen LogP contribution in [-0.4, -0.2) is 52.0 Å². The van der Waals surface area contributed by atoms with Crippen molar-refractivity contribution in [3.05, 3.63) is 58.9 Å². The molecule has 0 spiro atoms. The van der Waals surface area contributed by atoms with Crippen molar-refractivity contribution >= 4 is 34.5 Å². The highest BCUT2D eigenvalue weighted by molar-refractivity contribution is 6.30. The summed E-state index contributed by atoms with van der Waals surface area (Å²) < 4.78 is 16.7. The predicted molar refractivity (Wildman–Crippen MR) is 106 cm³/mol. The molecule has 0 aliphatic carbocycles. The standard InChI is InChI=1S/C19H18ClFN6O/c20-12-5-6-13(14(21)9-12)17-24-18-22-10-25(7-8-28)11-26(18)19-23-15-3-1-2-4-16(15)27(17)19/h1-6,9,17,28H,7-8,10-11H2,(H,22,24)/t17-/m1/s1. The number of halogens is 2. The summed E-state index contributed by atoms with van der Waals surface area (Å²) in [6.45, 7) is 1.56. The Kier molecular flexibility index (Phi) is 4.19. The zero-order valence-electron chi connectivity index (χ0n) is 14.9. The third-order valence-electron chi connectivity index (χ3n) is 5.03. The molecule has 0 unspecified atom stereocenters. The van der Waals surface area contributed by atoms with E-state index in [4.69, 9.17) is 16.6 Å². The summed E-state index contributed by atoms with van der Waals surface area (Å²) in [6, 6.07) is 12.4. The summed E-state index contributed by atoms with van der Waals surface area (Å²) in [5.74, 6) is 0.928. The maximum atomic E-state index is 14.8. The second-order valence-corrected chi connectivity index (χ2v) is 7.23. The number of rotatable bonds is 3. The number of anilines is 1. The first kappa shape index (κ1) is 17.4. The van der Waals surface area contributed by atoms with Crippen molar-refractivity contribution in [2.45, 2.75) is 6.17 Å². The van der Waals surface area contributed by atoms with Crippen molar-refractivity contribution in [1.82, 2.24) is 19.8 Å². The fourth-order valence-corrected chi connectivity index (χ4v) is 3.89. The Labute approximate surface area is 165 Å². The summed E-state index contributed by atoms with van der Waals surface area (Å²) in [4.78, 5) is 13.3. The molecule has 9 heteroatoms. The van der Waals surface area contributed by atoms with Crippen LogP contribution in [-0.2, 0) is 0 Å². The Morgan fingerprint density at radius 3 is 2.93 bits per heavy atom. The lowest BCUT2D eigenvalue weighted by Gasteiger charge is -2.41. The number of para-hydroxylation sites is 2. The maximum Gasteiger partial charge on any atom is 0.216 e. The average Bonchev–Trinajstić information content (AvgIpc) is 3.08. The molecule has 0 fully saturated rings. The van der Waals surface area contributed by atoms with E-state index in [0.29, 0.717) is 42.4 Å². The van der Waals surface area contributed by atoms with E-state index >= 15 is 0 Å². The number of nitrogens with zero attached hydrogens (tertiary/aromatic N) is 5. The predicted octanol–water partition coefficient (Wildman–Crippen LogP) is 2.36. The van der Waals surface area contributed by atoms with Gasteiger partial charge in [-0.05, 0) is 24.3 Å². The van der Waals surface area contributed by atoms with Gasteiger partial charge in [-0.2, -0.15) is 0 Å². The molecule has 0 saturated heterocycles. The van der Waals surface area contributed by atoms with Crippen LogP contribution in [0.15, 0.2) is 47.5 Å². The first-order valence-corrected chi connectivity index (χ1v) is 9.37. The van der Waals surface area contributed by atoms with E-state index in [-0.39, 0.29) is 12.4 Å². The highest BCUT2D eigenvalue weighted by atomic mass is 35.5. The molecule has 1 aromatic heterocycles. The van der Waals surface area contributed by atoms with Crippen LogP contribution in [0, 0.1) is 5.82 Å². The number of imidazole rings is 1. The minimum atomic E-state index is -0.501. The Balaban J connectivity index is 1.69. The minimum Gasteiger partial charge on any atom is -0.395 e. The maximum absolute atomic E-state index is 14.8. The number of nitrogens with one attached hydrogen (secondary N) is 1. The number of aliphatic hydroxyl groups excluding tert-OH is 1. The van der Waals surface area contributed by atoms with Crippen molar-refractivity contribution in [1.29, 1.82) is 0 Å². The zero-order valence-corrected chi connectivity index (χ0v) is 15.6. The Morgan fingerprint density at radius 1 is 1.25 bits per heavy atom. The van der Waals surface area contributed by atoms with Gasteiger partial charge in [0.05, 0.1) is 31.0 Å². The van der Waals surface area contributed by atoms with Gasteiger partial charge in [-0.1, -0.05) is 29.8 Å². The number of benzene rings is 2. The van der Waals surface area contributed by atoms with Gasteiger partial charge in [-0.15, -0.1) is 0 Å². The van der Waals surface area contributed by atoms with E-state index in [9.17, 15) is 9.50 Å². The molecule has 0 amide bonds. The van der Waals surface area contributed by atoms with Crippen LogP contribution in [0.25, 0.3) is 11.0 Å². The molecule has 0 radical (unpaired) electrons. The fourth-order valence-electron chi connectivity index (χ4n) is 3.73. The van der Waals surface area contributed by atoms with Gasteiger partial charge in [-0.25, -0.2) is 14.4 Å². The van der Waals surface area contributed by atoms with Gasteiger partial charge >= 0.3 is 0 Å². The molecule has 2 aliphatic rings. The molecule has 2 N–H and O–H groups in total. The third-order valence-corrected chi connectivity index (χ3v) is 5.27. The smallest absolute Gasteiger partial charge is 0.216 e. The van der Waals surface area contributed by atoms with Crippen molar-refractivity contribution in [2.24, 2.45) is 4.99 Å². The topological polar surface area (TPSA) is 68.9 Å². The Morgan fingerprint density at radius 2 is 2.11 bits per heavy atom. The minimum absolute atomic E-state index is 0.0567. The quantitative estimate of drug-likeness (QED) is 0.706. The van der Waals surface area contributed by atoms with Gasteiger partial charge in [0.25, 0.3) is 0 Å². The van der Waals surface area contributed by atoms with Gasteiger partial charge in [0.15, 0.2) is 0 Å². The van der Waals surface area contributed by atoms with Gasteiger partial charge in [0, 0.05) is 17.1 Å². The van der Waals surface area contributed by atoms with E-state index in [1.165, 1.54) is 6.07 Å². The molecule has 0 bridgehead atoms. The zero-order chi connectivity index (χ0) is 19.3. The summed E-state index contributed by atoms with van der Waals surface area (Å²) in [6.07, 6.45) is -0.501. The summed E-state index contributed by atoms with van der Waals surface area (Å²) in [7, 11) is 0. The monoisotopic (exact) mass is 400 g/mol. The molecule has 3 heterocycles. The second kappa shape index (κ2) is 6.73.